The largest absolute Gasteiger partial charge is 0.444 e. The number of carbonyl (C=O) groups is 1. The Labute approximate surface area is 161 Å². The Morgan fingerprint density at radius 2 is 2.12 bits per heavy atom. The van der Waals surface area contributed by atoms with Gasteiger partial charge in [0.25, 0.3) is 0 Å². The Balaban J connectivity index is 1.86. The van der Waals surface area contributed by atoms with Crippen molar-refractivity contribution in [2.24, 2.45) is 0 Å². The van der Waals surface area contributed by atoms with E-state index in [0.717, 1.165) is 12.8 Å². The maximum Gasteiger partial charge on any atom is 0.411 e. The highest BCUT2D eigenvalue weighted by molar-refractivity contribution is 9.10. The number of imidazole rings is 1. The molecule has 0 radical (unpaired) electrons. The Kier molecular flexibility index (Phi) is 5.10. The van der Waals surface area contributed by atoms with Crippen LogP contribution < -0.4 is 0 Å². The van der Waals surface area contributed by atoms with E-state index in [0.29, 0.717) is 21.6 Å². The molecule has 1 aromatic heterocycles. The number of benzene rings is 1. The number of H-pyrrole nitrogens is 1. The van der Waals surface area contributed by atoms with Crippen molar-refractivity contribution in [3.05, 3.63) is 40.5 Å². The summed E-state index contributed by atoms with van der Waals surface area (Å²) < 4.78 is 20.4. The molecule has 140 valence electrons. The molecule has 5 nitrogen and oxygen atoms in total. The second-order valence-electron chi connectivity index (χ2n) is 7.64. The molecule has 2 atom stereocenters. The lowest BCUT2D eigenvalue weighted by Gasteiger charge is -2.30. The summed E-state index contributed by atoms with van der Waals surface area (Å²) in [4.78, 5) is 22.0. The molecule has 1 aliphatic rings. The van der Waals surface area contributed by atoms with Gasteiger partial charge in [-0.1, -0.05) is 15.9 Å². The number of likely N-dealkylation sites (tertiary alicyclic amines) is 1. The summed E-state index contributed by atoms with van der Waals surface area (Å²) in [5.41, 5.74) is 0.481. The summed E-state index contributed by atoms with van der Waals surface area (Å²) in [6.45, 7) is 7.55. The van der Waals surface area contributed by atoms with Crippen molar-refractivity contribution in [1.82, 2.24) is 14.9 Å². The van der Waals surface area contributed by atoms with Gasteiger partial charge >= 0.3 is 6.09 Å². The average Bonchev–Trinajstić information content (AvgIpc) is 3.12. The van der Waals surface area contributed by atoms with Crippen LogP contribution >= 0.6 is 15.9 Å². The van der Waals surface area contributed by atoms with Gasteiger partial charge in [-0.3, -0.25) is 4.90 Å². The van der Waals surface area contributed by atoms with Gasteiger partial charge in [0, 0.05) is 16.1 Å². The minimum atomic E-state index is -0.557. The second kappa shape index (κ2) is 7.02. The zero-order valence-electron chi connectivity index (χ0n) is 15.3. The Bertz CT molecular complexity index is 815. The Hall–Kier alpha value is -1.89. The van der Waals surface area contributed by atoms with E-state index in [1.54, 1.807) is 23.2 Å². The van der Waals surface area contributed by atoms with Crippen molar-refractivity contribution in [3.8, 4) is 11.3 Å². The van der Waals surface area contributed by atoms with Crippen molar-refractivity contribution >= 4 is 22.0 Å². The fourth-order valence-corrected chi connectivity index (χ4v) is 3.56. The van der Waals surface area contributed by atoms with Crippen molar-refractivity contribution in [1.29, 1.82) is 0 Å². The van der Waals surface area contributed by atoms with Gasteiger partial charge in [-0.05, 0) is 58.7 Å². The first kappa shape index (κ1) is 18.9. The molecule has 0 bridgehead atoms. The zero-order chi connectivity index (χ0) is 19.1. The third-order valence-corrected chi connectivity index (χ3v) is 4.90. The summed E-state index contributed by atoms with van der Waals surface area (Å²) in [5, 5.41) is 0. The van der Waals surface area contributed by atoms with Crippen LogP contribution in [-0.4, -0.2) is 32.6 Å². The van der Waals surface area contributed by atoms with E-state index in [2.05, 4.69) is 25.9 Å². The van der Waals surface area contributed by atoms with Crippen molar-refractivity contribution < 1.29 is 13.9 Å². The van der Waals surface area contributed by atoms with Crippen molar-refractivity contribution in [2.45, 2.75) is 58.2 Å². The van der Waals surface area contributed by atoms with Gasteiger partial charge < -0.3 is 9.72 Å². The molecule has 1 fully saturated rings. The molecule has 0 spiro atoms. The van der Waals surface area contributed by atoms with Crippen LogP contribution in [-0.2, 0) is 4.74 Å². The molecule has 26 heavy (non-hydrogen) atoms. The molecule has 2 aromatic rings. The first-order valence-corrected chi connectivity index (χ1v) is 9.46. The highest BCUT2D eigenvalue weighted by Gasteiger charge is 2.39. The van der Waals surface area contributed by atoms with E-state index in [1.807, 2.05) is 27.7 Å². The van der Waals surface area contributed by atoms with Gasteiger partial charge in [0.15, 0.2) is 0 Å². The highest BCUT2D eigenvalue weighted by Crippen LogP contribution is 2.37. The predicted molar refractivity (Wildman–Crippen MR) is 101 cm³/mol. The first-order chi connectivity index (χ1) is 12.2. The number of amides is 1. The van der Waals surface area contributed by atoms with E-state index in [-0.39, 0.29) is 24.0 Å². The van der Waals surface area contributed by atoms with E-state index in [1.165, 1.54) is 6.07 Å². The minimum Gasteiger partial charge on any atom is -0.444 e. The topological polar surface area (TPSA) is 58.2 Å². The SMILES string of the molecule is CC1CCC(c2ncc(-c3ccc(Br)cc3F)[nH]2)N1C(=O)OC(C)(C)C. The van der Waals surface area contributed by atoms with Gasteiger partial charge in [-0.15, -0.1) is 0 Å². The standard InChI is InChI=1S/C19H23BrFN3O2/c1-11-5-8-16(24(11)18(25)26-19(2,3)4)17-22-10-15(23-17)13-7-6-12(20)9-14(13)21/h6-7,9-11,16H,5,8H2,1-4H3,(H,22,23). The molecule has 0 saturated carbocycles. The number of halogens is 2. The summed E-state index contributed by atoms with van der Waals surface area (Å²) in [5.74, 6) is 0.316. The lowest BCUT2D eigenvalue weighted by atomic mass is 10.1. The van der Waals surface area contributed by atoms with Gasteiger partial charge in [-0.2, -0.15) is 0 Å². The summed E-state index contributed by atoms with van der Waals surface area (Å²) in [7, 11) is 0. The van der Waals surface area contributed by atoms with E-state index in [4.69, 9.17) is 4.74 Å². The lowest BCUT2D eigenvalue weighted by Crippen LogP contribution is -2.40. The van der Waals surface area contributed by atoms with Crippen LogP contribution in [0.3, 0.4) is 0 Å². The third-order valence-electron chi connectivity index (χ3n) is 4.41. The van der Waals surface area contributed by atoms with Gasteiger partial charge in [0.05, 0.1) is 17.9 Å². The summed E-state index contributed by atoms with van der Waals surface area (Å²) in [6.07, 6.45) is 2.92. The van der Waals surface area contributed by atoms with Gasteiger partial charge in [0.2, 0.25) is 0 Å². The molecule has 2 heterocycles. The van der Waals surface area contributed by atoms with Crippen LogP contribution in [0.4, 0.5) is 9.18 Å². The van der Waals surface area contributed by atoms with Crippen molar-refractivity contribution in [3.63, 3.8) is 0 Å². The number of nitrogens with one attached hydrogen (secondary N) is 1. The molecule has 0 aliphatic carbocycles. The van der Waals surface area contributed by atoms with Crippen LogP contribution in [0.1, 0.15) is 52.4 Å². The van der Waals surface area contributed by atoms with Crippen LogP contribution in [0.5, 0.6) is 0 Å². The molecule has 3 rings (SSSR count). The maximum atomic E-state index is 14.2. The first-order valence-electron chi connectivity index (χ1n) is 8.67. The van der Waals surface area contributed by atoms with Crippen LogP contribution in [0, 0.1) is 5.82 Å². The number of ether oxygens (including phenoxy) is 1. The average molecular weight is 424 g/mol. The molecular formula is C19H23BrFN3O2. The normalized spacial score (nSPS) is 20.5. The third kappa shape index (κ3) is 3.92. The molecule has 1 saturated heterocycles. The molecule has 1 N–H and O–H groups in total. The van der Waals surface area contributed by atoms with Crippen LogP contribution in [0.15, 0.2) is 28.9 Å². The monoisotopic (exact) mass is 423 g/mol. The maximum absolute atomic E-state index is 14.2. The van der Waals surface area contributed by atoms with Gasteiger partial charge in [-0.25, -0.2) is 14.2 Å². The highest BCUT2D eigenvalue weighted by atomic mass is 79.9. The molecule has 2 unspecified atom stereocenters. The number of aromatic nitrogens is 2. The number of aromatic amines is 1. The molecule has 1 aliphatic heterocycles. The van der Waals surface area contributed by atoms with Gasteiger partial charge in [0.1, 0.15) is 17.2 Å². The molecule has 1 aromatic carbocycles. The van der Waals surface area contributed by atoms with Crippen LogP contribution in [0.25, 0.3) is 11.3 Å². The number of hydrogen-bond donors (Lipinski definition) is 1. The summed E-state index contributed by atoms with van der Waals surface area (Å²) >= 11 is 3.26. The fraction of sp³-hybridized carbons (Fsp3) is 0.474. The summed E-state index contributed by atoms with van der Waals surface area (Å²) in [6, 6.07) is 4.75. The van der Waals surface area contributed by atoms with Crippen LogP contribution in [0.2, 0.25) is 0 Å². The predicted octanol–water partition coefficient (Wildman–Crippen LogP) is 5.44. The fourth-order valence-electron chi connectivity index (χ4n) is 3.23. The number of carbonyl (C=O) groups excluding carboxylic acids is 1. The molecular weight excluding hydrogens is 401 g/mol. The number of hydrogen-bond acceptors (Lipinski definition) is 3. The van der Waals surface area contributed by atoms with Crippen molar-refractivity contribution in [2.75, 3.05) is 0 Å². The minimum absolute atomic E-state index is 0.0628. The Morgan fingerprint density at radius 1 is 1.38 bits per heavy atom. The second-order valence-corrected chi connectivity index (χ2v) is 8.55. The number of nitrogens with zero attached hydrogens (tertiary/aromatic N) is 2. The molecule has 7 heteroatoms. The van der Waals surface area contributed by atoms with E-state index < -0.39 is 5.60 Å². The van der Waals surface area contributed by atoms with E-state index >= 15 is 0 Å². The quantitative estimate of drug-likeness (QED) is 0.699. The smallest absolute Gasteiger partial charge is 0.411 e. The Morgan fingerprint density at radius 3 is 2.77 bits per heavy atom. The number of rotatable bonds is 2. The lowest BCUT2D eigenvalue weighted by molar-refractivity contribution is 0.0152. The van der Waals surface area contributed by atoms with E-state index in [9.17, 15) is 9.18 Å². The molecule has 1 amide bonds. The zero-order valence-corrected chi connectivity index (χ0v) is 16.9.